The molecule has 0 atom stereocenters. The average Bonchev–Trinajstić information content (AvgIpc) is 3.35. The average molecular weight is 464 g/mol. The summed E-state index contributed by atoms with van der Waals surface area (Å²) in [5, 5.41) is 9.13. The second-order valence-corrected chi connectivity index (χ2v) is 8.86. The second-order valence-electron chi connectivity index (χ2n) is 7.40. The minimum absolute atomic E-state index is 0.170. The largest absolute Gasteiger partial charge is 0.346 e. The molecule has 5 rings (SSSR count). The first-order valence-electron chi connectivity index (χ1n) is 9.95. The molecule has 0 spiro atoms. The zero-order valence-corrected chi connectivity index (χ0v) is 18.7. The van der Waals surface area contributed by atoms with Crippen molar-refractivity contribution in [1.82, 2.24) is 24.5 Å². The molecule has 1 N–H and O–H groups in total. The summed E-state index contributed by atoms with van der Waals surface area (Å²) in [5.74, 6) is -0.210. The Bertz CT molecular complexity index is 1520. The molecule has 1 aromatic carbocycles. The molecule has 0 saturated heterocycles. The van der Waals surface area contributed by atoms with Crippen molar-refractivity contribution in [1.29, 1.82) is 0 Å². The number of rotatable bonds is 5. The summed E-state index contributed by atoms with van der Waals surface area (Å²) >= 11 is 7.37. The van der Waals surface area contributed by atoms with E-state index in [-0.39, 0.29) is 18.0 Å². The predicted octanol–water partition coefficient (Wildman–Crippen LogP) is 4.05. The van der Waals surface area contributed by atoms with Crippen LogP contribution >= 0.6 is 22.9 Å². The van der Waals surface area contributed by atoms with Crippen LogP contribution in [-0.2, 0) is 13.1 Å². The SMILES string of the molecule is Cc1nn(Cc2ccc(Cl)cc2)c2sc(C(=O)NCc3cc(=O)n4ccccc4n3)cc12. The monoisotopic (exact) mass is 463 g/mol. The first-order valence-corrected chi connectivity index (χ1v) is 11.1. The molecule has 9 heteroatoms. The summed E-state index contributed by atoms with van der Waals surface area (Å²) in [6.07, 6.45) is 1.67. The number of hydrogen-bond donors (Lipinski definition) is 1. The fraction of sp³-hybridized carbons (Fsp3) is 0.130. The Hall–Kier alpha value is -3.49. The molecule has 0 bridgehead atoms. The molecule has 7 nitrogen and oxygen atoms in total. The second kappa shape index (κ2) is 8.22. The minimum atomic E-state index is -0.210. The van der Waals surface area contributed by atoms with E-state index in [1.165, 1.54) is 21.8 Å². The fourth-order valence-electron chi connectivity index (χ4n) is 3.55. The van der Waals surface area contributed by atoms with E-state index in [1.54, 1.807) is 18.3 Å². The zero-order chi connectivity index (χ0) is 22.2. The van der Waals surface area contributed by atoms with Crippen LogP contribution in [0.25, 0.3) is 15.9 Å². The number of fused-ring (bicyclic) bond motifs is 2. The molecule has 4 aromatic heterocycles. The van der Waals surface area contributed by atoms with Crippen LogP contribution in [0.2, 0.25) is 5.02 Å². The van der Waals surface area contributed by atoms with Gasteiger partial charge in [0.1, 0.15) is 10.5 Å². The van der Waals surface area contributed by atoms with E-state index in [0.29, 0.717) is 27.8 Å². The highest BCUT2D eigenvalue weighted by Gasteiger charge is 2.17. The maximum atomic E-state index is 12.8. The van der Waals surface area contributed by atoms with E-state index in [1.807, 2.05) is 48.0 Å². The lowest BCUT2D eigenvalue weighted by molar-refractivity contribution is 0.0954. The number of aromatic nitrogens is 4. The maximum absolute atomic E-state index is 12.8. The Balaban J connectivity index is 1.36. The first-order chi connectivity index (χ1) is 15.5. The van der Waals surface area contributed by atoms with E-state index in [0.717, 1.165) is 21.5 Å². The van der Waals surface area contributed by atoms with Crippen molar-refractivity contribution < 1.29 is 4.79 Å². The zero-order valence-electron chi connectivity index (χ0n) is 17.1. The highest BCUT2D eigenvalue weighted by Crippen LogP contribution is 2.29. The third kappa shape index (κ3) is 3.90. The summed E-state index contributed by atoms with van der Waals surface area (Å²) in [5.41, 5.74) is 2.82. The van der Waals surface area contributed by atoms with Crippen LogP contribution in [0.3, 0.4) is 0 Å². The lowest BCUT2D eigenvalue weighted by Crippen LogP contribution is -2.24. The lowest BCUT2D eigenvalue weighted by atomic mass is 10.2. The number of halogens is 1. The number of carbonyl (C=O) groups is 1. The Kier molecular flexibility index (Phi) is 5.24. The summed E-state index contributed by atoms with van der Waals surface area (Å²) in [6.45, 7) is 2.69. The van der Waals surface area contributed by atoms with Gasteiger partial charge in [-0.2, -0.15) is 5.10 Å². The molecule has 160 valence electrons. The van der Waals surface area contributed by atoms with Crippen molar-refractivity contribution in [2.75, 3.05) is 0 Å². The van der Waals surface area contributed by atoms with Crippen LogP contribution in [0.4, 0.5) is 0 Å². The van der Waals surface area contributed by atoms with Gasteiger partial charge in [0.05, 0.1) is 29.4 Å². The van der Waals surface area contributed by atoms with E-state index in [2.05, 4.69) is 15.4 Å². The Labute approximate surface area is 191 Å². The Morgan fingerprint density at radius 1 is 1.16 bits per heavy atom. The summed E-state index contributed by atoms with van der Waals surface area (Å²) < 4.78 is 3.37. The van der Waals surface area contributed by atoms with E-state index in [4.69, 9.17) is 11.6 Å². The van der Waals surface area contributed by atoms with E-state index < -0.39 is 0 Å². The first kappa shape index (κ1) is 20.4. The number of benzene rings is 1. The molecular formula is C23H18ClN5O2S. The number of nitrogens with zero attached hydrogens (tertiary/aromatic N) is 4. The highest BCUT2D eigenvalue weighted by molar-refractivity contribution is 7.20. The van der Waals surface area contributed by atoms with Gasteiger partial charge in [-0.05, 0) is 42.8 Å². The third-order valence-corrected chi connectivity index (χ3v) is 6.53. The third-order valence-electron chi connectivity index (χ3n) is 5.13. The molecule has 0 aliphatic heterocycles. The van der Waals surface area contributed by atoms with Gasteiger partial charge in [0, 0.05) is 22.7 Å². The quantitative estimate of drug-likeness (QED) is 0.426. The minimum Gasteiger partial charge on any atom is -0.346 e. The number of pyridine rings is 1. The fourth-order valence-corrected chi connectivity index (χ4v) is 4.75. The van der Waals surface area contributed by atoms with Crippen LogP contribution < -0.4 is 10.9 Å². The maximum Gasteiger partial charge on any atom is 0.261 e. The standard InChI is InChI=1S/C23H18ClN5O2S/c1-14-18-11-19(32-23(18)29(27-14)13-15-5-7-16(24)8-6-15)22(31)25-12-17-10-21(30)28-9-3-2-4-20(28)26-17/h2-11H,12-13H2,1H3,(H,25,31). The van der Waals surface area contributed by atoms with Gasteiger partial charge in [-0.15, -0.1) is 11.3 Å². The summed E-state index contributed by atoms with van der Waals surface area (Å²) in [4.78, 5) is 31.0. The molecule has 32 heavy (non-hydrogen) atoms. The molecule has 0 unspecified atom stereocenters. The number of hydrogen-bond acceptors (Lipinski definition) is 5. The molecule has 0 saturated carbocycles. The van der Waals surface area contributed by atoms with Gasteiger partial charge in [0.25, 0.3) is 11.5 Å². The van der Waals surface area contributed by atoms with Crippen molar-refractivity contribution in [3.05, 3.63) is 98.0 Å². The van der Waals surface area contributed by atoms with Crippen LogP contribution in [0.5, 0.6) is 0 Å². The normalized spacial score (nSPS) is 11.3. The highest BCUT2D eigenvalue weighted by atomic mass is 35.5. The van der Waals surface area contributed by atoms with Crippen LogP contribution in [0, 0.1) is 6.92 Å². The number of nitrogens with one attached hydrogen (secondary N) is 1. The van der Waals surface area contributed by atoms with Gasteiger partial charge in [0.2, 0.25) is 0 Å². The molecule has 0 aliphatic rings. The van der Waals surface area contributed by atoms with Crippen molar-refractivity contribution >= 4 is 44.7 Å². The number of aryl methyl sites for hydroxylation is 1. The van der Waals surface area contributed by atoms with Gasteiger partial charge >= 0.3 is 0 Å². The Morgan fingerprint density at radius 2 is 1.97 bits per heavy atom. The van der Waals surface area contributed by atoms with Gasteiger partial charge in [-0.25, -0.2) is 4.98 Å². The van der Waals surface area contributed by atoms with Crippen molar-refractivity contribution in [3.63, 3.8) is 0 Å². The van der Waals surface area contributed by atoms with Gasteiger partial charge in [-0.1, -0.05) is 29.8 Å². The van der Waals surface area contributed by atoms with Crippen molar-refractivity contribution in [3.8, 4) is 0 Å². The van der Waals surface area contributed by atoms with Gasteiger partial charge in [0.15, 0.2) is 0 Å². The topological polar surface area (TPSA) is 81.3 Å². The lowest BCUT2D eigenvalue weighted by Gasteiger charge is -2.05. The smallest absolute Gasteiger partial charge is 0.261 e. The number of thiophene rings is 1. The predicted molar refractivity (Wildman–Crippen MR) is 126 cm³/mol. The van der Waals surface area contributed by atoms with Crippen LogP contribution in [-0.4, -0.2) is 25.1 Å². The van der Waals surface area contributed by atoms with Crippen molar-refractivity contribution in [2.24, 2.45) is 0 Å². The van der Waals surface area contributed by atoms with Gasteiger partial charge < -0.3 is 5.32 Å². The molecular weight excluding hydrogens is 446 g/mol. The number of carbonyl (C=O) groups excluding carboxylic acids is 1. The molecule has 1 amide bonds. The van der Waals surface area contributed by atoms with Crippen molar-refractivity contribution in [2.45, 2.75) is 20.0 Å². The van der Waals surface area contributed by atoms with Gasteiger partial charge in [-0.3, -0.25) is 18.7 Å². The van der Waals surface area contributed by atoms with E-state index in [9.17, 15) is 9.59 Å². The summed E-state index contributed by atoms with van der Waals surface area (Å²) in [6, 6.07) is 16.3. The Morgan fingerprint density at radius 3 is 2.78 bits per heavy atom. The summed E-state index contributed by atoms with van der Waals surface area (Å²) in [7, 11) is 0. The van der Waals surface area contributed by atoms with Crippen LogP contribution in [0.15, 0.2) is 65.6 Å². The molecule has 5 aromatic rings. The molecule has 0 radical (unpaired) electrons. The molecule has 0 aliphatic carbocycles. The molecule has 4 heterocycles. The van der Waals surface area contributed by atoms with E-state index >= 15 is 0 Å². The molecule has 0 fully saturated rings. The van der Waals surface area contributed by atoms with Crippen LogP contribution in [0.1, 0.15) is 26.6 Å². The number of amides is 1.